The van der Waals surface area contributed by atoms with Crippen molar-refractivity contribution in [3.8, 4) is 0 Å². The van der Waals surface area contributed by atoms with Crippen LogP contribution < -0.4 is 5.32 Å². The van der Waals surface area contributed by atoms with Crippen LogP contribution >= 0.6 is 0 Å². The molecule has 1 saturated heterocycles. The van der Waals surface area contributed by atoms with Crippen LogP contribution in [-0.2, 0) is 6.42 Å². The number of furan rings is 1. The van der Waals surface area contributed by atoms with E-state index in [0.717, 1.165) is 30.9 Å². The highest BCUT2D eigenvalue weighted by atomic mass is 16.3. The highest BCUT2D eigenvalue weighted by Gasteiger charge is 2.21. The molecule has 2 heteroatoms. The van der Waals surface area contributed by atoms with E-state index >= 15 is 0 Å². The van der Waals surface area contributed by atoms with Gasteiger partial charge in [0.15, 0.2) is 0 Å². The molecule has 0 unspecified atom stereocenters. The summed E-state index contributed by atoms with van der Waals surface area (Å²) in [5.41, 5.74) is 0. The van der Waals surface area contributed by atoms with E-state index in [2.05, 4.69) is 24.4 Å². The van der Waals surface area contributed by atoms with Gasteiger partial charge in [0.1, 0.15) is 11.5 Å². The predicted octanol–water partition coefficient (Wildman–Crippen LogP) is 2.27. The largest absolute Gasteiger partial charge is 0.464 e. The lowest BCUT2D eigenvalue weighted by molar-refractivity contribution is 0.310. The lowest BCUT2D eigenvalue weighted by atomic mass is 10.1. The summed E-state index contributed by atoms with van der Waals surface area (Å²) >= 11 is 0. The molecule has 2 rings (SSSR count). The van der Waals surface area contributed by atoms with E-state index in [0.29, 0.717) is 6.04 Å². The Morgan fingerprint density at radius 1 is 1.58 bits per heavy atom. The number of nitrogens with one attached hydrogen (secondary N) is 1. The van der Waals surface area contributed by atoms with Crippen LogP contribution in [-0.4, -0.2) is 6.54 Å². The first-order valence-corrected chi connectivity index (χ1v) is 4.72. The Bertz CT molecular complexity index is 250. The summed E-state index contributed by atoms with van der Waals surface area (Å²) < 4.78 is 5.67. The van der Waals surface area contributed by atoms with Crippen molar-refractivity contribution in [1.29, 1.82) is 0 Å². The molecule has 0 bridgehead atoms. The molecule has 1 atom stereocenters. The first-order chi connectivity index (χ1) is 5.90. The molecule has 1 fully saturated rings. The normalized spacial score (nSPS) is 22.2. The number of rotatable bonds is 3. The van der Waals surface area contributed by atoms with E-state index in [1.807, 2.05) is 0 Å². The molecular weight excluding hydrogens is 150 g/mol. The summed E-state index contributed by atoms with van der Waals surface area (Å²) in [5, 5.41) is 3.32. The van der Waals surface area contributed by atoms with Gasteiger partial charge in [-0.15, -0.1) is 0 Å². The minimum absolute atomic E-state index is 0.496. The van der Waals surface area contributed by atoms with Crippen molar-refractivity contribution in [1.82, 2.24) is 5.32 Å². The Kier molecular flexibility index (Phi) is 2.17. The molecule has 1 aliphatic heterocycles. The van der Waals surface area contributed by atoms with Gasteiger partial charge < -0.3 is 9.73 Å². The van der Waals surface area contributed by atoms with Crippen LogP contribution in [0.4, 0.5) is 0 Å². The maximum atomic E-state index is 5.67. The maximum Gasteiger partial charge on any atom is 0.121 e. The van der Waals surface area contributed by atoms with Crippen LogP contribution in [0.15, 0.2) is 16.5 Å². The van der Waals surface area contributed by atoms with E-state index in [1.165, 1.54) is 6.42 Å². The van der Waals surface area contributed by atoms with Crippen molar-refractivity contribution in [2.75, 3.05) is 6.54 Å². The molecular formula is C10H15NO. The highest BCUT2D eigenvalue weighted by Crippen LogP contribution is 2.24. The quantitative estimate of drug-likeness (QED) is 0.743. The van der Waals surface area contributed by atoms with Crippen molar-refractivity contribution >= 4 is 0 Å². The van der Waals surface area contributed by atoms with Crippen molar-refractivity contribution in [2.45, 2.75) is 32.2 Å². The zero-order valence-electron chi connectivity index (χ0n) is 7.47. The van der Waals surface area contributed by atoms with Gasteiger partial charge in [0.05, 0.1) is 6.04 Å². The molecule has 1 N–H and O–H groups in total. The van der Waals surface area contributed by atoms with Gasteiger partial charge in [0.25, 0.3) is 0 Å². The maximum absolute atomic E-state index is 5.67. The first kappa shape index (κ1) is 7.87. The van der Waals surface area contributed by atoms with Gasteiger partial charge in [0.2, 0.25) is 0 Å². The third kappa shape index (κ3) is 1.39. The Hall–Kier alpha value is -0.760. The Labute approximate surface area is 73.0 Å². The monoisotopic (exact) mass is 165 g/mol. The van der Waals surface area contributed by atoms with Crippen molar-refractivity contribution in [3.05, 3.63) is 23.7 Å². The summed E-state index contributed by atoms with van der Waals surface area (Å²) in [5.74, 6) is 2.24. The summed E-state index contributed by atoms with van der Waals surface area (Å²) in [6, 6.07) is 4.69. The average molecular weight is 165 g/mol. The summed E-state index contributed by atoms with van der Waals surface area (Å²) in [6.45, 7) is 3.30. The molecule has 0 aliphatic carbocycles. The van der Waals surface area contributed by atoms with Crippen molar-refractivity contribution in [2.24, 2.45) is 0 Å². The Balaban J connectivity index is 2.02. The second kappa shape index (κ2) is 3.31. The first-order valence-electron chi connectivity index (χ1n) is 4.72. The second-order valence-electron chi connectivity index (χ2n) is 3.35. The smallest absolute Gasteiger partial charge is 0.121 e. The minimum Gasteiger partial charge on any atom is -0.464 e. The number of hydrogen-bond acceptors (Lipinski definition) is 2. The molecule has 0 saturated carbocycles. The molecule has 2 nitrogen and oxygen atoms in total. The SMILES string of the molecule is CCCc1ccc([C@H]2CCN2)o1. The van der Waals surface area contributed by atoms with E-state index < -0.39 is 0 Å². The molecule has 0 radical (unpaired) electrons. The predicted molar refractivity (Wildman–Crippen MR) is 48.1 cm³/mol. The van der Waals surface area contributed by atoms with Crippen molar-refractivity contribution in [3.63, 3.8) is 0 Å². The molecule has 1 aromatic heterocycles. The fourth-order valence-corrected chi connectivity index (χ4v) is 1.49. The molecule has 0 spiro atoms. The fraction of sp³-hybridized carbons (Fsp3) is 0.600. The van der Waals surface area contributed by atoms with Crippen LogP contribution in [0.25, 0.3) is 0 Å². The van der Waals surface area contributed by atoms with E-state index in [9.17, 15) is 0 Å². The third-order valence-corrected chi connectivity index (χ3v) is 2.35. The summed E-state index contributed by atoms with van der Waals surface area (Å²) in [6.07, 6.45) is 3.44. The number of hydrogen-bond donors (Lipinski definition) is 1. The summed E-state index contributed by atoms with van der Waals surface area (Å²) in [7, 11) is 0. The van der Waals surface area contributed by atoms with Gasteiger partial charge in [-0.2, -0.15) is 0 Å². The molecule has 1 aliphatic rings. The molecule has 12 heavy (non-hydrogen) atoms. The van der Waals surface area contributed by atoms with E-state index in [-0.39, 0.29) is 0 Å². The highest BCUT2D eigenvalue weighted by molar-refractivity contribution is 5.12. The van der Waals surface area contributed by atoms with E-state index in [1.54, 1.807) is 0 Å². The van der Waals surface area contributed by atoms with Gasteiger partial charge in [0, 0.05) is 6.42 Å². The lowest BCUT2D eigenvalue weighted by Crippen LogP contribution is -2.34. The Morgan fingerprint density at radius 3 is 3.00 bits per heavy atom. The Morgan fingerprint density at radius 2 is 2.42 bits per heavy atom. The molecule has 66 valence electrons. The van der Waals surface area contributed by atoms with E-state index in [4.69, 9.17) is 4.42 Å². The standard InChI is InChI=1S/C10H15NO/c1-2-3-8-4-5-10(12-8)9-6-7-11-9/h4-5,9,11H,2-3,6-7H2,1H3/t9-/m1/s1. The molecule has 0 amide bonds. The van der Waals surface area contributed by atoms with Crippen LogP contribution in [0.5, 0.6) is 0 Å². The second-order valence-corrected chi connectivity index (χ2v) is 3.35. The van der Waals surface area contributed by atoms with Gasteiger partial charge >= 0.3 is 0 Å². The van der Waals surface area contributed by atoms with Crippen LogP contribution in [0.1, 0.15) is 37.3 Å². The lowest BCUT2D eigenvalue weighted by Gasteiger charge is -2.25. The van der Waals surface area contributed by atoms with Gasteiger partial charge in [-0.3, -0.25) is 0 Å². The van der Waals surface area contributed by atoms with Crippen LogP contribution in [0, 0.1) is 0 Å². The van der Waals surface area contributed by atoms with Crippen molar-refractivity contribution < 1.29 is 4.42 Å². The van der Waals surface area contributed by atoms with Crippen LogP contribution in [0.3, 0.4) is 0 Å². The molecule has 1 aromatic rings. The third-order valence-electron chi connectivity index (χ3n) is 2.35. The summed E-state index contributed by atoms with van der Waals surface area (Å²) in [4.78, 5) is 0. The zero-order valence-corrected chi connectivity index (χ0v) is 7.47. The average Bonchev–Trinajstić information content (AvgIpc) is 2.34. The van der Waals surface area contributed by atoms with Gasteiger partial charge in [-0.1, -0.05) is 6.92 Å². The molecule has 2 heterocycles. The zero-order chi connectivity index (χ0) is 8.39. The molecule has 0 aromatic carbocycles. The van der Waals surface area contributed by atoms with Gasteiger partial charge in [-0.05, 0) is 31.5 Å². The fourth-order valence-electron chi connectivity index (χ4n) is 1.49. The minimum atomic E-state index is 0.496. The van der Waals surface area contributed by atoms with Crippen LogP contribution in [0.2, 0.25) is 0 Å². The number of aryl methyl sites for hydroxylation is 1. The topological polar surface area (TPSA) is 25.2 Å². The van der Waals surface area contributed by atoms with Gasteiger partial charge in [-0.25, -0.2) is 0 Å².